The van der Waals surface area contributed by atoms with Gasteiger partial charge in [-0.3, -0.25) is 9.69 Å². The first-order chi connectivity index (χ1) is 21.0. The second-order valence-electron chi connectivity index (χ2n) is 11.2. The molecule has 4 rings (SSSR count). The summed E-state index contributed by atoms with van der Waals surface area (Å²) >= 11 is 0. The van der Waals surface area contributed by atoms with Crippen LogP contribution >= 0.6 is 0 Å². The van der Waals surface area contributed by atoms with Gasteiger partial charge in [0.05, 0.1) is 31.8 Å². The standard InChI is InChI=1S/C34H40N2O7S/c1-24-9-7-8-12-29(24)31-19-26(13-14-30(31)33(37)35-32(34(38)39)16-18-44(3,40)41)21-36-22-28(20-27(36)15-17-42-2)43-23-25-10-5-4-6-11-25/h4-15,17,19,27-28,32H,16,18,20-23H2,1-3H3,(H,35,37)(H,38,39)/b17-15+/t27?,28-,32+/m1/s1. The average Bonchev–Trinajstić information content (AvgIpc) is 3.38. The van der Waals surface area contributed by atoms with Crippen LogP contribution in [0.4, 0.5) is 0 Å². The van der Waals surface area contributed by atoms with Crippen LogP contribution < -0.4 is 5.32 Å². The van der Waals surface area contributed by atoms with Crippen LogP contribution in [0.2, 0.25) is 0 Å². The molecule has 1 fully saturated rings. The number of aryl methyl sites for hydroxylation is 1. The Kier molecular flexibility index (Phi) is 11.3. The Morgan fingerprint density at radius 2 is 1.77 bits per heavy atom. The molecule has 0 saturated carbocycles. The van der Waals surface area contributed by atoms with Gasteiger partial charge in [-0.15, -0.1) is 0 Å². The van der Waals surface area contributed by atoms with Gasteiger partial charge in [-0.1, -0.05) is 60.7 Å². The predicted octanol–water partition coefficient (Wildman–Crippen LogP) is 4.60. The third-order valence-corrected chi connectivity index (χ3v) is 8.68. The number of nitrogens with zero attached hydrogens (tertiary/aromatic N) is 1. The lowest BCUT2D eigenvalue weighted by Gasteiger charge is -2.23. The minimum absolute atomic E-state index is 0.0301. The fourth-order valence-electron chi connectivity index (χ4n) is 5.40. The highest BCUT2D eigenvalue weighted by Crippen LogP contribution is 2.31. The monoisotopic (exact) mass is 620 g/mol. The van der Waals surface area contributed by atoms with E-state index >= 15 is 0 Å². The van der Waals surface area contributed by atoms with Crippen LogP contribution in [-0.4, -0.2) is 74.2 Å². The summed E-state index contributed by atoms with van der Waals surface area (Å²) in [6.45, 7) is 3.80. The molecule has 1 saturated heterocycles. The molecule has 44 heavy (non-hydrogen) atoms. The zero-order chi connectivity index (χ0) is 31.7. The summed E-state index contributed by atoms with van der Waals surface area (Å²) in [5.74, 6) is -2.21. The number of hydrogen-bond donors (Lipinski definition) is 2. The molecule has 1 aliphatic heterocycles. The van der Waals surface area contributed by atoms with Crippen molar-refractivity contribution >= 4 is 21.7 Å². The van der Waals surface area contributed by atoms with Crippen molar-refractivity contribution in [3.63, 3.8) is 0 Å². The highest BCUT2D eigenvalue weighted by molar-refractivity contribution is 7.90. The van der Waals surface area contributed by atoms with Gasteiger partial charge in [0.1, 0.15) is 15.9 Å². The number of amides is 1. The molecule has 3 aromatic rings. The van der Waals surface area contributed by atoms with Crippen LogP contribution in [0, 0.1) is 6.92 Å². The van der Waals surface area contributed by atoms with Gasteiger partial charge in [0.15, 0.2) is 0 Å². The molecule has 2 N–H and O–H groups in total. The third-order valence-electron chi connectivity index (χ3n) is 7.71. The summed E-state index contributed by atoms with van der Waals surface area (Å²) in [6, 6.07) is 22.1. The fourth-order valence-corrected chi connectivity index (χ4v) is 6.06. The SMILES string of the molecule is CO/C=C/C1C[C@@H](OCc2ccccc2)CN1Cc1ccc(C(=O)N[C@@H](CCS(C)(=O)=O)C(=O)O)c(-c2ccccc2C)c1. The molecule has 0 spiro atoms. The van der Waals surface area contributed by atoms with Gasteiger partial charge in [-0.25, -0.2) is 13.2 Å². The second-order valence-corrected chi connectivity index (χ2v) is 13.5. The maximum absolute atomic E-state index is 13.5. The van der Waals surface area contributed by atoms with E-state index in [1.54, 1.807) is 19.4 Å². The molecular weight excluding hydrogens is 580 g/mol. The van der Waals surface area contributed by atoms with Crippen molar-refractivity contribution in [1.82, 2.24) is 10.2 Å². The fraction of sp³-hybridized carbons (Fsp3) is 0.353. The van der Waals surface area contributed by atoms with E-state index < -0.39 is 27.8 Å². The van der Waals surface area contributed by atoms with Crippen molar-refractivity contribution in [2.45, 2.75) is 51.1 Å². The lowest BCUT2D eigenvalue weighted by molar-refractivity contribution is -0.139. The van der Waals surface area contributed by atoms with E-state index in [1.165, 1.54) is 0 Å². The molecule has 1 unspecified atom stereocenters. The number of sulfone groups is 1. The summed E-state index contributed by atoms with van der Waals surface area (Å²) in [5, 5.41) is 12.2. The van der Waals surface area contributed by atoms with Crippen LogP contribution in [0.5, 0.6) is 0 Å². The van der Waals surface area contributed by atoms with Crippen molar-refractivity contribution in [3.05, 3.63) is 107 Å². The predicted molar refractivity (Wildman–Crippen MR) is 170 cm³/mol. The Labute approximate surface area is 259 Å². The van der Waals surface area contributed by atoms with Crippen molar-refractivity contribution in [2.75, 3.05) is 25.7 Å². The number of carbonyl (C=O) groups is 2. The van der Waals surface area contributed by atoms with Crippen LogP contribution in [0.15, 0.2) is 85.1 Å². The number of likely N-dealkylation sites (tertiary alicyclic amines) is 1. The number of carboxylic acid groups (broad SMARTS) is 1. The number of aliphatic carboxylic acids is 1. The molecule has 234 valence electrons. The number of hydrogen-bond acceptors (Lipinski definition) is 7. The maximum Gasteiger partial charge on any atom is 0.326 e. The Bertz CT molecular complexity index is 1570. The van der Waals surface area contributed by atoms with E-state index in [0.29, 0.717) is 30.8 Å². The van der Waals surface area contributed by atoms with E-state index in [1.807, 2.05) is 79.7 Å². The summed E-state index contributed by atoms with van der Waals surface area (Å²) in [6.07, 6.45) is 5.36. The first-order valence-corrected chi connectivity index (χ1v) is 16.6. The van der Waals surface area contributed by atoms with Gasteiger partial charge in [-0.2, -0.15) is 0 Å². The molecule has 0 bridgehead atoms. The second kappa shape index (κ2) is 15.1. The van der Waals surface area contributed by atoms with Gasteiger partial charge in [0.2, 0.25) is 0 Å². The van der Waals surface area contributed by atoms with Gasteiger partial charge in [0.25, 0.3) is 5.91 Å². The van der Waals surface area contributed by atoms with E-state index in [4.69, 9.17) is 9.47 Å². The number of carbonyl (C=O) groups excluding carboxylic acids is 1. The number of carboxylic acids is 1. The number of benzene rings is 3. The first kappa shape index (κ1) is 32.9. The molecule has 0 radical (unpaired) electrons. The maximum atomic E-state index is 13.5. The molecule has 0 aromatic heterocycles. The Morgan fingerprint density at radius 3 is 2.45 bits per heavy atom. The molecule has 10 heteroatoms. The Balaban J connectivity index is 1.58. The van der Waals surface area contributed by atoms with Crippen LogP contribution in [0.3, 0.4) is 0 Å². The van der Waals surface area contributed by atoms with E-state index in [0.717, 1.165) is 34.9 Å². The molecule has 1 heterocycles. The van der Waals surface area contributed by atoms with Gasteiger partial charge in [-0.05, 0) is 65.8 Å². The van der Waals surface area contributed by atoms with Crippen molar-refractivity contribution < 1.29 is 32.6 Å². The zero-order valence-electron chi connectivity index (χ0n) is 25.3. The number of nitrogens with one attached hydrogen (secondary N) is 1. The minimum atomic E-state index is -3.40. The molecule has 1 aliphatic rings. The largest absolute Gasteiger partial charge is 0.505 e. The molecule has 9 nitrogen and oxygen atoms in total. The summed E-state index contributed by atoms with van der Waals surface area (Å²) < 4.78 is 34.8. The van der Waals surface area contributed by atoms with Gasteiger partial charge in [0, 0.05) is 31.0 Å². The number of rotatable bonds is 14. The van der Waals surface area contributed by atoms with Gasteiger partial charge >= 0.3 is 5.97 Å². The minimum Gasteiger partial charge on any atom is -0.505 e. The number of methoxy groups -OCH3 is 1. The van der Waals surface area contributed by atoms with Crippen LogP contribution in [0.25, 0.3) is 11.1 Å². The lowest BCUT2D eigenvalue weighted by Crippen LogP contribution is -2.42. The third kappa shape index (κ3) is 9.25. The highest BCUT2D eigenvalue weighted by atomic mass is 32.2. The van der Waals surface area contributed by atoms with Crippen molar-refractivity contribution in [2.24, 2.45) is 0 Å². The smallest absolute Gasteiger partial charge is 0.326 e. The Hall–Kier alpha value is -3.99. The van der Waals surface area contributed by atoms with Crippen LogP contribution in [0.1, 0.15) is 39.9 Å². The van der Waals surface area contributed by atoms with Gasteiger partial charge < -0.3 is 19.9 Å². The first-order valence-electron chi connectivity index (χ1n) is 14.5. The van der Waals surface area contributed by atoms with E-state index in [9.17, 15) is 23.1 Å². The number of ether oxygens (including phenoxy) is 2. The molecular formula is C34H40N2O7S. The Morgan fingerprint density at radius 1 is 1.05 bits per heavy atom. The van der Waals surface area contributed by atoms with Crippen molar-refractivity contribution in [1.29, 1.82) is 0 Å². The molecule has 0 aliphatic carbocycles. The molecule has 1 amide bonds. The zero-order valence-corrected chi connectivity index (χ0v) is 26.1. The average molecular weight is 621 g/mol. The lowest BCUT2D eigenvalue weighted by atomic mass is 9.93. The van der Waals surface area contributed by atoms with E-state index in [2.05, 4.69) is 10.2 Å². The summed E-state index contributed by atoms with van der Waals surface area (Å²) in [4.78, 5) is 27.6. The summed E-state index contributed by atoms with van der Waals surface area (Å²) in [5.41, 5.74) is 4.89. The normalized spacial score (nSPS) is 17.9. The summed E-state index contributed by atoms with van der Waals surface area (Å²) in [7, 11) is -1.78. The molecule has 3 aromatic carbocycles. The van der Waals surface area contributed by atoms with E-state index in [-0.39, 0.29) is 24.3 Å². The molecule has 3 atom stereocenters. The topological polar surface area (TPSA) is 122 Å². The highest BCUT2D eigenvalue weighted by Gasteiger charge is 2.32. The van der Waals surface area contributed by atoms with Crippen LogP contribution in [-0.2, 0) is 37.3 Å². The van der Waals surface area contributed by atoms with Crippen molar-refractivity contribution in [3.8, 4) is 11.1 Å². The quantitative estimate of drug-likeness (QED) is 0.251.